The van der Waals surface area contributed by atoms with Gasteiger partial charge in [-0.05, 0) is 18.7 Å². The Hall–Kier alpha value is -2.22. The van der Waals surface area contributed by atoms with Crippen molar-refractivity contribution in [3.05, 3.63) is 28.2 Å². The fraction of sp³-hybridized carbons (Fsp3) is 0.526. The Bertz CT molecular complexity index is 1680. The van der Waals surface area contributed by atoms with Crippen molar-refractivity contribution in [1.29, 1.82) is 0 Å². The molecule has 0 radical (unpaired) electrons. The smallest absolute Gasteiger partial charge is 0.387 e. The molecule has 222 valence electrons. The summed E-state index contributed by atoms with van der Waals surface area (Å²) in [5, 5.41) is 14.2. The van der Waals surface area contributed by atoms with Crippen LogP contribution < -0.4 is 16.6 Å². The summed E-state index contributed by atoms with van der Waals surface area (Å²) in [6.07, 6.45) is -1.98. The average Bonchev–Trinajstić information content (AvgIpc) is 3.56. The van der Waals surface area contributed by atoms with Crippen LogP contribution in [0.1, 0.15) is 30.7 Å². The number of nitrogen functional groups attached to an aromatic ring is 1. The Morgan fingerprint density at radius 1 is 1.29 bits per heavy atom. The van der Waals surface area contributed by atoms with E-state index in [0.717, 1.165) is 0 Å². The van der Waals surface area contributed by atoms with Crippen LogP contribution >= 0.6 is 25.8 Å². The van der Waals surface area contributed by atoms with Crippen molar-refractivity contribution >= 4 is 66.8 Å². The molecule has 18 nitrogen and oxygen atoms in total. The molecule has 3 aliphatic heterocycles. The van der Waals surface area contributed by atoms with Crippen molar-refractivity contribution in [2.75, 3.05) is 24.3 Å². The summed E-state index contributed by atoms with van der Waals surface area (Å²) in [6, 6.07) is -0.254. The number of imidazole rings is 2. The van der Waals surface area contributed by atoms with Crippen LogP contribution in [-0.4, -0.2) is 76.9 Å². The van der Waals surface area contributed by atoms with Crippen LogP contribution in [-0.2, 0) is 52.4 Å². The van der Waals surface area contributed by atoms with E-state index in [2.05, 4.69) is 42.5 Å². The minimum atomic E-state index is -4.23. The SMILES string of the molecule is CC1N=CNc2c1ncn2[C@@H]1O[C@@H]2COP(O)(=S)OCCn3c(nc4c(=O)[nH]c(N)nc43)COP(=O)(S)O[C@@H]1[C@@H]2O. The van der Waals surface area contributed by atoms with Gasteiger partial charge in [0.2, 0.25) is 5.95 Å². The number of fused-ring (bicyclic) bond motifs is 6. The third-order valence-electron chi connectivity index (χ3n) is 6.59. The summed E-state index contributed by atoms with van der Waals surface area (Å²) < 4.78 is 44.7. The molecule has 3 unspecified atom stereocenters. The number of hydrogen-bond acceptors (Lipinski definition) is 15. The minimum absolute atomic E-state index is 0.0150. The highest BCUT2D eigenvalue weighted by Gasteiger charge is 2.50. The van der Waals surface area contributed by atoms with Gasteiger partial charge in [-0.25, -0.2) is 14.5 Å². The number of aliphatic hydroxyl groups is 1. The number of thiol groups is 1. The van der Waals surface area contributed by atoms with Crippen LogP contribution in [0.3, 0.4) is 0 Å². The number of ether oxygens (including phenoxy) is 1. The second-order valence-corrected chi connectivity index (χ2v) is 15.0. The maximum Gasteiger partial charge on any atom is 0.387 e. The van der Waals surface area contributed by atoms with E-state index in [1.165, 1.54) is 17.2 Å². The van der Waals surface area contributed by atoms with Gasteiger partial charge in [0.15, 0.2) is 17.4 Å². The van der Waals surface area contributed by atoms with E-state index in [9.17, 15) is 19.4 Å². The number of aromatic amines is 1. The van der Waals surface area contributed by atoms with Gasteiger partial charge in [-0.15, -0.1) is 0 Å². The van der Waals surface area contributed by atoms with E-state index in [1.807, 2.05) is 6.92 Å². The molecular formula is C19H25N9O9P2S2. The van der Waals surface area contributed by atoms with Gasteiger partial charge >= 0.3 is 13.5 Å². The molecular weight excluding hydrogens is 624 g/mol. The first-order valence-electron chi connectivity index (χ1n) is 12.1. The van der Waals surface area contributed by atoms with E-state index >= 15 is 0 Å². The zero-order valence-electron chi connectivity index (χ0n) is 21.1. The Morgan fingerprint density at radius 3 is 2.90 bits per heavy atom. The van der Waals surface area contributed by atoms with E-state index in [1.54, 1.807) is 4.57 Å². The molecule has 0 aliphatic carbocycles. The van der Waals surface area contributed by atoms with Gasteiger partial charge in [0, 0.05) is 6.54 Å². The number of nitrogens with zero attached hydrogens (tertiary/aromatic N) is 6. The van der Waals surface area contributed by atoms with Crippen molar-refractivity contribution in [2.45, 2.75) is 50.7 Å². The summed E-state index contributed by atoms with van der Waals surface area (Å²) >= 11 is 9.26. The van der Waals surface area contributed by atoms with Gasteiger partial charge in [0.05, 0.1) is 31.9 Å². The number of aliphatic hydroxyl groups excluding tert-OH is 1. The Balaban J connectivity index is 1.36. The molecule has 6 heterocycles. The average molecular weight is 650 g/mol. The van der Waals surface area contributed by atoms with Crippen LogP contribution in [0.4, 0.5) is 11.8 Å². The van der Waals surface area contributed by atoms with Gasteiger partial charge in [-0.2, -0.15) is 4.98 Å². The lowest BCUT2D eigenvalue weighted by molar-refractivity contribution is -0.0483. The van der Waals surface area contributed by atoms with E-state index in [4.69, 9.17) is 40.4 Å². The zero-order valence-corrected chi connectivity index (χ0v) is 24.6. The molecule has 0 spiro atoms. The van der Waals surface area contributed by atoms with Crippen LogP contribution in [0, 0.1) is 0 Å². The van der Waals surface area contributed by atoms with Gasteiger partial charge < -0.3 is 39.4 Å². The van der Waals surface area contributed by atoms with E-state index in [0.29, 0.717) is 11.5 Å². The van der Waals surface area contributed by atoms with Crippen LogP contribution in [0.2, 0.25) is 0 Å². The molecule has 2 bridgehead atoms. The number of nitrogens with one attached hydrogen (secondary N) is 2. The molecule has 3 aromatic heterocycles. The predicted octanol–water partition coefficient (Wildman–Crippen LogP) is 0.575. The van der Waals surface area contributed by atoms with Crippen molar-refractivity contribution in [3.63, 3.8) is 0 Å². The lowest BCUT2D eigenvalue weighted by atomic mass is 10.1. The van der Waals surface area contributed by atoms with Gasteiger partial charge in [0.25, 0.3) is 5.56 Å². The molecule has 3 aliphatic rings. The minimum Gasteiger partial charge on any atom is -0.387 e. The summed E-state index contributed by atoms with van der Waals surface area (Å²) in [7, 11) is 0. The van der Waals surface area contributed by atoms with E-state index in [-0.39, 0.29) is 42.1 Å². The van der Waals surface area contributed by atoms with Crippen molar-refractivity contribution < 1.29 is 37.4 Å². The van der Waals surface area contributed by atoms with Crippen molar-refractivity contribution in [2.24, 2.45) is 4.99 Å². The number of rotatable bonds is 1. The van der Waals surface area contributed by atoms with Crippen molar-refractivity contribution in [1.82, 2.24) is 29.1 Å². The first-order chi connectivity index (χ1) is 19.4. The Kier molecular flexibility index (Phi) is 7.61. The quantitative estimate of drug-likeness (QED) is 0.156. The molecule has 1 fully saturated rings. The van der Waals surface area contributed by atoms with Gasteiger partial charge in [-0.3, -0.25) is 28.4 Å². The number of aliphatic imine (C=N–C) groups is 1. The van der Waals surface area contributed by atoms with Crippen molar-refractivity contribution in [3.8, 4) is 0 Å². The summed E-state index contributed by atoms with van der Waals surface area (Å²) in [5.74, 6) is 0.464. The monoisotopic (exact) mass is 649 g/mol. The lowest BCUT2D eigenvalue weighted by Gasteiger charge is -2.26. The molecule has 0 amide bonds. The second-order valence-electron chi connectivity index (χ2n) is 9.25. The topological polar surface area (TPSA) is 235 Å². The number of nitrogens with two attached hydrogens (primary N) is 1. The molecule has 3 aromatic rings. The predicted molar refractivity (Wildman–Crippen MR) is 150 cm³/mol. The van der Waals surface area contributed by atoms with Crippen LogP contribution in [0.25, 0.3) is 11.2 Å². The summed E-state index contributed by atoms with van der Waals surface area (Å²) in [5.41, 5.74) is 5.74. The largest absolute Gasteiger partial charge is 0.387 e. The molecule has 22 heteroatoms. The third-order valence-corrected chi connectivity index (χ3v) is 9.80. The van der Waals surface area contributed by atoms with Crippen LogP contribution in [0.5, 0.6) is 0 Å². The first kappa shape index (κ1) is 28.9. The molecule has 0 saturated carbocycles. The molecule has 41 heavy (non-hydrogen) atoms. The zero-order chi connectivity index (χ0) is 29.1. The lowest BCUT2D eigenvalue weighted by Crippen LogP contribution is -2.35. The maximum atomic E-state index is 13.5. The van der Waals surface area contributed by atoms with E-state index < -0.39 is 56.8 Å². The number of anilines is 2. The highest BCUT2D eigenvalue weighted by atomic mass is 32.7. The summed E-state index contributed by atoms with van der Waals surface area (Å²) in [6.45, 7) is -7.26. The van der Waals surface area contributed by atoms with Gasteiger partial charge in [-0.1, -0.05) is 12.2 Å². The third kappa shape index (κ3) is 5.62. The normalized spacial score (nSPS) is 34.4. The highest BCUT2D eigenvalue weighted by molar-refractivity contribution is 8.44. The fourth-order valence-corrected chi connectivity index (χ4v) is 7.19. The number of aromatic nitrogens is 6. The molecule has 0 aromatic carbocycles. The number of H-pyrrole nitrogens is 1. The fourth-order valence-electron chi connectivity index (χ4n) is 4.69. The van der Waals surface area contributed by atoms with Gasteiger partial charge in [0.1, 0.15) is 42.3 Å². The Morgan fingerprint density at radius 2 is 2.10 bits per heavy atom. The first-order valence-corrected chi connectivity index (χ1v) is 17.4. The molecule has 6 N–H and O–H groups in total. The molecule has 1 saturated heterocycles. The second kappa shape index (κ2) is 10.8. The molecule has 6 rings (SSSR count). The molecule has 7 atom stereocenters. The standard InChI is InChI=1S/C19H25N9O9P2S2/c1-8-11-15(22-6-21-8)28(7-23-11)18-14-13(29)9(36-18)4-34-38(31,40)33-3-2-27-10(5-35-39(32,41)37-14)24-12-16(27)25-19(20)26-17(12)30/h6-9,13-14,18,29H,2-5H2,1H3,(H,21,22)(H,31,40)(H,32,41)(H3,20,25,26,30)/t8?,9-,13-,14-,18-,38?,39?/m1/s1. The number of hydrogen-bond donors (Lipinski definition) is 6. The van der Waals surface area contributed by atoms with Crippen LogP contribution in [0.15, 0.2) is 16.1 Å². The summed E-state index contributed by atoms with van der Waals surface area (Å²) in [4.78, 5) is 42.5. The maximum absolute atomic E-state index is 13.5. The highest BCUT2D eigenvalue weighted by Crippen LogP contribution is 2.57. The Labute approximate surface area is 241 Å².